The number of unbranched alkanes of at least 4 members (excludes halogenated alkanes) is 8. The fourth-order valence-electron chi connectivity index (χ4n) is 1.64. The highest BCUT2D eigenvalue weighted by atomic mass is 80.0. The molecule has 0 heterocycles. The van der Waals surface area contributed by atoms with Crippen LogP contribution < -0.4 is 0 Å². The maximum atomic E-state index is 3.52. The molecule has 0 aromatic carbocycles. The van der Waals surface area contributed by atoms with Crippen LogP contribution in [0.15, 0.2) is 0 Å². The first kappa shape index (κ1) is 16.4. The Morgan fingerprint density at radius 3 is 1.47 bits per heavy atom. The van der Waals surface area contributed by atoms with Crippen molar-refractivity contribution >= 4 is 47.8 Å². The van der Waals surface area contributed by atoms with Crippen LogP contribution in [-0.2, 0) is 0 Å². The number of hydrogen-bond acceptors (Lipinski definition) is 0. The van der Waals surface area contributed by atoms with Crippen LogP contribution in [0.4, 0.5) is 0 Å². The zero-order chi connectivity index (χ0) is 11.6. The lowest BCUT2D eigenvalue weighted by atomic mass is 10.1. The van der Waals surface area contributed by atoms with Gasteiger partial charge in [0.15, 0.2) is 0 Å². The Bertz CT molecular complexity index is 129. The van der Waals surface area contributed by atoms with Crippen molar-refractivity contribution in [2.45, 2.75) is 73.3 Å². The van der Waals surface area contributed by atoms with E-state index in [1.807, 2.05) is 0 Å². The zero-order valence-electron chi connectivity index (χ0n) is 9.70. The summed E-state index contributed by atoms with van der Waals surface area (Å²) in [5.41, 5.74) is 0. The molecule has 0 aromatic heterocycles. The summed E-state index contributed by atoms with van der Waals surface area (Å²) in [7, 11) is 0. The third-order valence-corrected chi connectivity index (χ3v) is 3.75. The van der Waals surface area contributed by atoms with Gasteiger partial charge >= 0.3 is 0 Å². The van der Waals surface area contributed by atoms with Crippen molar-refractivity contribution in [2.24, 2.45) is 0 Å². The van der Waals surface area contributed by atoms with Crippen LogP contribution in [-0.4, -0.2) is 2.14 Å². The second kappa shape index (κ2) is 10.6. The van der Waals surface area contributed by atoms with Crippen molar-refractivity contribution in [3.05, 3.63) is 0 Å². The van der Waals surface area contributed by atoms with Crippen LogP contribution in [0.1, 0.15) is 71.1 Å². The minimum Gasteiger partial charge on any atom is -0.0654 e. The van der Waals surface area contributed by atoms with E-state index in [-0.39, 0.29) is 2.14 Å². The molecule has 0 aliphatic heterocycles. The molecule has 0 bridgehead atoms. The van der Waals surface area contributed by atoms with Crippen molar-refractivity contribution in [3.63, 3.8) is 0 Å². The molecule has 0 atom stereocenters. The van der Waals surface area contributed by atoms with E-state index in [0.29, 0.717) is 0 Å². The molecule has 0 saturated heterocycles. The van der Waals surface area contributed by atoms with Gasteiger partial charge in [-0.1, -0.05) is 113 Å². The van der Waals surface area contributed by atoms with E-state index in [0.717, 1.165) is 6.42 Å². The molecule has 0 aliphatic carbocycles. The third-order valence-electron chi connectivity index (χ3n) is 2.56. The molecular formula is C12H23Br3. The van der Waals surface area contributed by atoms with Crippen LogP contribution in [0.2, 0.25) is 0 Å². The van der Waals surface area contributed by atoms with E-state index in [9.17, 15) is 0 Å². The van der Waals surface area contributed by atoms with Crippen molar-refractivity contribution in [3.8, 4) is 0 Å². The molecule has 0 unspecified atom stereocenters. The molecule has 0 aromatic rings. The van der Waals surface area contributed by atoms with Gasteiger partial charge in [0.1, 0.15) is 2.14 Å². The molecule has 0 rings (SSSR count). The Morgan fingerprint density at radius 2 is 1.07 bits per heavy atom. The predicted molar refractivity (Wildman–Crippen MR) is 81.4 cm³/mol. The molecule has 0 spiro atoms. The van der Waals surface area contributed by atoms with E-state index < -0.39 is 0 Å². The molecule has 15 heavy (non-hydrogen) atoms. The van der Waals surface area contributed by atoms with Gasteiger partial charge < -0.3 is 0 Å². The zero-order valence-corrected chi connectivity index (χ0v) is 14.5. The van der Waals surface area contributed by atoms with E-state index in [1.165, 1.54) is 57.8 Å². The normalized spacial score (nSPS) is 12.0. The lowest BCUT2D eigenvalue weighted by Gasteiger charge is -2.10. The van der Waals surface area contributed by atoms with Gasteiger partial charge in [-0.2, -0.15) is 0 Å². The van der Waals surface area contributed by atoms with Crippen molar-refractivity contribution in [1.82, 2.24) is 0 Å². The molecule has 3 heteroatoms. The monoisotopic (exact) mass is 404 g/mol. The fourth-order valence-corrected chi connectivity index (χ4v) is 2.48. The summed E-state index contributed by atoms with van der Waals surface area (Å²) >= 11 is 10.6. The standard InChI is InChI=1S/C12H23Br3/c1-2-3-4-5-6-7-8-9-10-11-12(13,14)15/h2-11H2,1H3. The SMILES string of the molecule is CCCCCCCCCCCC(Br)(Br)Br. The van der Waals surface area contributed by atoms with Crippen LogP contribution in [0.25, 0.3) is 0 Å². The Hall–Kier alpha value is 1.44. The highest BCUT2D eigenvalue weighted by molar-refractivity contribution is 9.39. The fraction of sp³-hybridized carbons (Fsp3) is 1.00. The molecule has 0 amide bonds. The maximum Gasteiger partial charge on any atom is 0.135 e. The van der Waals surface area contributed by atoms with E-state index in [1.54, 1.807) is 0 Å². The largest absolute Gasteiger partial charge is 0.135 e. The van der Waals surface area contributed by atoms with Gasteiger partial charge in [0.25, 0.3) is 0 Å². The number of hydrogen-bond donors (Lipinski definition) is 0. The van der Waals surface area contributed by atoms with Crippen LogP contribution in [0.3, 0.4) is 0 Å². The summed E-state index contributed by atoms with van der Waals surface area (Å²) in [6.45, 7) is 2.27. The highest BCUT2D eigenvalue weighted by Crippen LogP contribution is 2.38. The molecule has 0 fully saturated rings. The highest BCUT2D eigenvalue weighted by Gasteiger charge is 2.15. The lowest BCUT2D eigenvalue weighted by molar-refractivity contribution is 0.561. The molecule has 0 N–H and O–H groups in total. The number of alkyl halides is 3. The van der Waals surface area contributed by atoms with Gasteiger partial charge in [0.2, 0.25) is 0 Å². The van der Waals surface area contributed by atoms with E-state index >= 15 is 0 Å². The topological polar surface area (TPSA) is 0 Å². The summed E-state index contributed by atoms with van der Waals surface area (Å²) in [4.78, 5) is 0. The van der Waals surface area contributed by atoms with Gasteiger partial charge in [-0.05, 0) is 6.42 Å². The van der Waals surface area contributed by atoms with Crippen LogP contribution >= 0.6 is 47.8 Å². The number of halogens is 3. The van der Waals surface area contributed by atoms with Crippen molar-refractivity contribution in [2.75, 3.05) is 0 Å². The summed E-state index contributed by atoms with van der Waals surface area (Å²) in [5.74, 6) is 0. The van der Waals surface area contributed by atoms with Gasteiger partial charge in [0, 0.05) is 0 Å². The van der Waals surface area contributed by atoms with Crippen LogP contribution in [0, 0.1) is 0 Å². The summed E-state index contributed by atoms with van der Waals surface area (Å²) in [5, 5.41) is 0. The third kappa shape index (κ3) is 15.4. The molecular weight excluding hydrogens is 384 g/mol. The summed E-state index contributed by atoms with van der Waals surface area (Å²) < 4.78 is -0.0197. The van der Waals surface area contributed by atoms with E-state index in [2.05, 4.69) is 54.7 Å². The minimum absolute atomic E-state index is 0.0197. The van der Waals surface area contributed by atoms with Gasteiger partial charge in [-0.3, -0.25) is 0 Å². The van der Waals surface area contributed by atoms with Gasteiger partial charge in [-0.25, -0.2) is 0 Å². The molecule has 0 nitrogen and oxygen atoms in total. The lowest BCUT2D eigenvalue weighted by Crippen LogP contribution is -1.98. The maximum absolute atomic E-state index is 3.52. The number of rotatable bonds is 9. The van der Waals surface area contributed by atoms with E-state index in [4.69, 9.17) is 0 Å². The average Bonchev–Trinajstić information content (AvgIpc) is 2.14. The van der Waals surface area contributed by atoms with Crippen molar-refractivity contribution < 1.29 is 0 Å². The first-order chi connectivity index (χ1) is 7.06. The minimum atomic E-state index is -0.0197. The molecule has 0 aliphatic rings. The average molecular weight is 407 g/mol. The second-order valence-electron chi connectivity index (χ2n) is 4.19. The van der Waals surface area contributed by atoms with Gasteiger partial charge in [-0.15, -0.1) is 0 Å². The first-order valence-electron chi connectivity index (χ1n) is 6.13. The Kier molecular flexibility index (Phi) is 11.6. The van der Waals surface area contributed by atoms with Crippen LogP contribution in [0.5, 0.6) is 0 Å². The first-order valence-corrected chi connectivity index (χ1v) is 8.51. The van der Waals surface area contributed by atoms with Crippen molar-refractivity contribution in [1.29, 1.82) is 0 Å². The molecule has 0 saturated carbocycles. The Balaban J connectivity index is 2.99. The Morgan fingerprint density at radius 1 is 0.667 bits per heavy atom. The summed E-state index contributed by atoms with van der Waals surface area (Å²) in [6.07, 6.45) is 13.7. The molecule has 92 valence electrons. The smallest absolute Gasteiger partial charge is 0.0654 e. The summed E-state index contributed by atoms with van der Waals surface area (Å²) in [6, 6.07) is 0. The predicted octanol–water partition coefficient (Wildman–Crippen LogP) is 6.75. The van der Waals surface area contributed by atoms with Gasteiger partial charge in [0.05, 0.1) is 0 Å². The quantitative estimate of drug-likeness (QED) is 0.293. The Labute approximate surface area is 120 Å². The molecule has 0 radical (unpaired) electrons. The second-order valence-corrected chi connectivity index (χ2v) is 11.4.